The van der Waals surface area contributed by atoms with E-state index in [1.165, 1.54) is 10.7 Å². The minimum absolute atomic E-state index is 0.0989. The van der Waals surface area contributed by atoms with E-state index in [4.69, 9.17) is 0 Å². The van der Waals surface area contributed by atoms with E-state index in [0.717, 1.165) is 44.5 Å². The number of amides is 1. The van der Waals surface area contributed by atoms with Gasteiger partial charge in [-0.3, -0.25) is 9.69 Å². The molecule has 2 saturated heterocycles. The van der Waals surface area contributed by atoms with Crippen LogP contribution in [-0.2, 0) is 21.2 Å². The molecule has 180 valence electrons. The number of carbonyl (C=O) groups is 1. The Morgan fingerprint density at radius 3 is 2.44 bits per heavy atom. The number of nitrogens with one attached hydrogen (secondary N) is 1. The van der Waals surface area contributed by atoms with E-state index < -0.39 is 10.0 Å². The first-order valence-corrected chi connectivity index (χ1v) is 13.5. The summed E-state index contributed by atoms with van der Waals surface area (Å²) in [5.41, 5.74) is 1.13. The Balaban J connectivity index is 1.76. The zero-order valence-electron chi connectivity index (χ0n) is 19.9. The van der Waals surface area contributed by atoms with Crippen LogP contribution >= 0.6 is 0 Å². The lowest BCUT2D eigenvalue weighted by Crippen LogP contribution is -2.51. The van der Waals surface area contributed by atoms with Gasteiger partial charge >= 0.3 is 0 Å². The van der Waals surface area contributed by atoms with Gasteiger partial charge in [0, 0.05) is 45.3 Å². The van der Waals surface area contributed by atoms with Crippen LogP contribution in [0.1, 0.15) is 45.6 Å². The molecule has 1 amide bonds. The molecule has 0 radical (unpaired) electrons. The number of hydrogen-bond donors (Lipinski definition) is 1. The topological polar surface area (TPSA) is 73.0 Å². The van der Waals surface area contributed by atoms with Crippen LogP contribution in [0.3, 0.4) is 0 Å². The molecule has 0 aliphatic carbocycles. The summed E-state index contributed by atoms with van der Waals surface area (Å²) in [5.74, 6) is 0.398. The Bertz CT molecular complexity index is 835. The van der Waals surface area contributed by atoms with Crippen LogP contribution in [0, 0.1) is 5.92 Å². The van der Waals surface area contributed by atoms with Gasteiger partial charge in [-0.2, -0.15) is 4.31 Å². The van der Waals surface area contributed by atoms with Crippen molar-refractivity contribution in [3.8, 4) is 0 Å². The minimum Gasteiger partial charge on any atom is -0.339 e. The van der Waals surface area contributed by atoms with Crippen molar-refractivity contribution in [1.82, 2.24) is 19.4 Å². The second-order valence-corrected chi connectivity index (χ2v) is 11.5. The number of piperazine rings is 1. The third-order valence-electron chi connectivity index (χ3n) is 6.56. The van der Waals surface area contributed by atoms with Crippen molar-refractivity contribution in [2.45, 2.75) is 57.4 Å². The van der Waals surface area contributed by atoms with Gasteiger partial charge in [0.25, 0.3) is 0 Å². The molecular formula is C24H40N4O3S. The fourth-order valence-corrected chi connectivity index (χ4v) is 5.98. The average molecular weight is 465 g/mol. The Kier molecular flexibility index (Phi) is 9.11. The molecule has 0 saturated carbocycles. The number of benzene rings is 1. The lowest BCUT2D eigenvalue weighted by Gasteiger charge is -2.35. The molecule has 1 aromatic carbocycles. The number of rotatable bonds is 9. The van der Waals surface area contributed by atoms with Gasteiger partial charge in [-0.15, -0.1) is 0 Å². The van der Waals surface area contributed by atoms with Crippen LogP contribution < -0.4 is 5.32 Å². The molecule has 1 aromatic rings. The smallest absolute Gasteiger partial charge is 0.243 e. The maximum Gasteiger partial charge on any atom is 0.243 e. The van der Waals surface area contributed by atoms with E-state index in [1.807, 2.05) is 12.1 Å². The molecule has 1 atom stereocenters. The van der Waals surface area contributed by atoms with E-state index in [-0.39, 0.29) is 17.3 Å². The van der Waals surface area contributed by atoms with E-state index in [1.54, 1.807) is 17.0 Å². The van der Waals surface area contributed by atoms with E-state index >= 15 is 0 Å². The monoisotopic (exact) mass is 464 g/mol. The van der Waals surface area contributed by atoms with Crippen molar-refractivity contribution in [3.63, 3.8) is 0 Å². The van der Waals surface area contributed by atoms with Gasteiger partial charge in [0.2, 0.25) is 15.9 Å². The molecule has 0 spiro atoms. The molecule has 2 fully saturated rings. The van der Waals surface area contributed by atoms with Crippen LogP contribution in [0.25, 0.3) is 0 Å². The molecule has 3 rings (SSSR count). The normalized spacial score (nSPS) is 20.8. The molecule has 0 bridgehead atoms. The van der Waals surface area contributed by atoms with Gasteiger partial charge in [-0.25, -0.2) is 8.42 Å². The highest BCUT2D eigenvalue weighted by Crippen LogP contribution is 2.20. The molecular weight excluding hydrogens is 424 g/mol. The number of sulfonamides is 1. The predicted molar refractivity (Wildman–Crippen MR) is 128 cm³/mol. The Morgan fingerprint density at radius 2 is 1.81 bits per heavy atom. The van der Waals surface area contributed by atoms with Gasteiger partial charge < -0.3 is 10.2 Å². The van der Waals surface area contributed by atoms with Crippen molar-refractivity contribution in [3.05, 3.63) is 29.8 Å². The predicted octanol–water partition coefficient (Wildman–Crippen LogP) is 2.18. The van der Waals surface area contributed by atoms with Crippen LogP contribution in [0.5, 0.6) is 0 Å². The summed E-state index contributed by atoms with van der Waals surface area (Å²) in [7, 11) is -3.75. The van der Waals surface area contributed by atoms with Crippen molar-refractivity contribution in [1.29, 1.82) is 0 Å². The molecule has 7 nitrogen and oxygen atoms in total. The van der Waals surface area contributed by atoms with Gasteiger partial charge in [-0.05, 0) is 56.3 Å². The van der Waals surface area contributed by atoms with Crippen molar-refractivity contribution in [2.24, 2.45) is 5.92 Å². The lowest BCUT2D eigenvalue weighted by atomic mass is 10.0. The standard InChI is InChI=1S/C24H40N4O3S/c1-20(2)18-22-7-9-23(10-8-22)32(30,31)28(17-16-26-13-5-4-6-21(26)3)19-24(29)27-14-11-25-12-15-27/h7-10,20-21,25H,4-6,11-19H2,1-3H3. The molecule has 2 aliphatic rings. The Hall–Kier alpha value is -1.48. The molecule has 2 aliphatic heterocycles. The second kappa shape index (κ2) is 11.6. The molecule has 2 heterocycles. The highest BCUT2D eigenvalue weighted by molar-refractivity contribution is 7.89. The fraction of sp³-hybridized carbons (Fsp3) is 0.708. The Labute approximate surface area is 194 Å². The lowest BCUT2D eigenvalue weighted by molar-refractivity contribution is -0.132. The number of hydrogen-bond acceptors (Lipinski definition) is 5. The minimum atomic E-state index is -3.75. The van der Waals surface area contributed by atoms with Crippen molar-refractivity contribution < 1.29 is 13.2 Å². The van der Waals surface area contributed by atoms with Crippen LogP contribution in [0.15, 0.2) is 29.2 Å². The van der Waals surface area contributed by atoms with E-state index in [0.29, 0.717) is 38.1 Å². The summed E-state index contributed by atoms with van der Waals surface area (Å²) in [6.07, 6.45) is 4.43. The first-order chi connectivity index (χ1) is 15.3. The van der Waals surface area contributed by atoms with Crippen molar-refractivity contribution >= 4 is 15.9 Å². The highest BCUT2D eigenvalue weighted by Gasteiger charge is 2.30. The zero-order chi connectivity index (χ0) is 23.1. The number of likely N-dealkylation sites (tertiary alicyclic amines) is 1. The van der Waals surface area contributed by atoms with Crippen molar-refractivity contribution in [2.75, 3.05) is 52.4 Å². The molecule has 8 heteroatoms. The molecule has 1 N–H and O–H groups in total. The summed E-state index contributed by atoms with van der Waals surface area (Å²) in [6, 6.07) is 7.64. The third kappa shape index (κ3) is 6.76. The molecule has 32 heavy (non-hydrogen) atoms. The van der Waals surface area contributed by atoms with Crippen LogP contribution in [0.2, 0.25) is 0 Å². The zero-order valence-corrected chi connectivity index (χ0v) is 20.7. The average Bonchev–Trinajstić information content (AvgIpc) is 2.78. The maximum absolute atomic E-state index is 13.6. The van der Waals surface area contributed by atoms with Crippen LogP contribution in [0.4, 0.5) is 0 Å². The molecule has 0 aromatic heterocycles. The first kappa shape index (κ1) is 25.1. The SMILES string of the molecule is CC(C)Cc1ccc(S(=O)(=O)N(CCN2CCCCC2C)CC(=O)N2CCNCC2)cc1. The third-order valence-corrected chi connectivity index (χ3v) is 8.42. The summed E-state index contributed by atoms with van der Waals surface area (Å²) < 4.78 is 28.5. The number of carbonyl (C=O) groups excluding carboxylic acids is 1. The Morgan fingerprint density at radius 1 is 1.12 bits per heavy atom. The number of nitrogens with zero attached hydrogens (tertiary/aromatic N) is 3. The van der Waals surface area contributed by atoms with Gasteiger partial charge in [0.05, 0.1) is 11.4 Å². The maximum atomic E-state index is 13.6. The van der Waals surface area contributed by atoms with E-state index in [9.17, 15) is 13.2 Å². The van der Waals surface area contributed by atoms with Gasteiger partial charge in [0.15, 0.2) is 0 Å². The summed E-state index contributed by atoms with van der Waals surface area (Å²) in [4.78, 5) is 17.4. The molecule has 1 unspecified atom stereocenters. The van der Waals surface area contributed by atoms with Crippen LogP contribution in [-0.4, -0.2) is 86.8 Å². The quantitative estimate of drug-likeness (QED) is 0.607. The van der Waals surface area contributed by atoms with Gasteiger partial charge in [-0.1, -0.05) is 32.4 Å². The second-order valence-electron chi connectivity index (χ2n) is 9.59. The van der Waals surface area contributed by atoms with E-state index in [2.05, 4.69) is 31.0 Å². The highest BCUT2D eigenvalue weighted by atomic mass is 32.2. The first-order valence-electron chi connectivity index (χ1n) is 12.1. The van der Waals surface area contributed by atoms with Gasteiger partial charge in [0.1, 0.15) is 0 Å². The number of piperidine rings is 1. The largest absolute Gasteiger partial charge is 0.339 e. The summed E-state index contributed by atoms with van der Waals surface area (Å²) in [5, 5.41) is 3.24. The summed E-state index contributed by atoms with van der Waals surface area (Å²) >= 11 is 0. The summed E-state index contributed by atoms with van der Waals surface area (Å²) in [6.45, 7) is 11.1. The fourth-order valence-electron chi connectivity index (χ4n) is 4.60.